The zero-order valence-electron chi connectivity index (χ0n) is 18.5. The Kier molecular flexibility index (Phi) is 7.63. The molecule has 2 aromatic rings. The van der Waals surface area contributed by atoms with Gasteiger partial charge in [-0.2, -0.15) is 0 Å². The normalized spacial score (nSPS) is 24.5. The average Bonchev–Trinajstić information content (AvgIpc) is 3.30. The highest BCUT2D eigenvalue weighted by Crippen LogP contribution is 2.25. The van der Waals surface area contributed by atoms with E-state index in [2.05, 4.69) is 9.80 Å². The van der Waals surface area contributed by atoms with Crippen molar-refractivity contribution < 1.29 is 24.1 Å². The van der Waals surface area contributed by atoms with E-state index in [1.807, 2.05) is 24.3 Å². The van der Waals surface area contributed by atoms with Crippen LogP contribution in [-0.2, 0) is 6.54 Å². The van der Waals surface area contributed by atoms with Crippen molar-refractivity contribution in [3.8, 4) is 11.5 Å². The SMILES string of the molecule is O[C@H]1CCN(Cc2ccc(OCCN3CCCC3)cc2)C[C@]1(O)COc1cccc(F)c1. The number of likely N-dealkylation sites (tertiary alicyclic amines) is 2. The van der Waals surface area contributed by atoms with Crippen LogP contribution in [0.15, 0.2) is 48.5 Å². The van der Waals surface area contributed by atoms with E-state index in [0.717, 1.165) is 17.9 Å². The van der Waals surface area contributed by atoms with Gasteiger partial charge in [-0.25, -0.2) is 4.39 Å². The first-order chi connectivity index (χ1) is 15.5. The molecule has 2 aliphatic heterocycles. The van der Waals surface area contributed by atoms with E-state index in [-0.39, 0.29) is 13.2 Å². The van der Waals surface area contributed by atoms with E-state index >= 15 is 0 Å². The molecule has 0 aromatic heterocycles. The molecule has 32 heavy (non-hydrogen) atoms. The van der Waals surface area contributed by atoms with Gasteiger partial charge in [-0.1, -0.05) is 18.2 Å². The van der Waals surface area contributed by atoms with Crippen LogP contribution in [0.1, 0.15) is 24.8 Å². The quantitative estimate of drug-likeness (QED) is 0.620. The first-order valence-corrected chi connectivity index (χ1v) is 11.5. The number of benzene rings is 2. The highest BCUT2D eigenvalue weighted by molar-refractivity contribution is 5.27. The summed E-state index contributed by atoms with van der Waals surface area (Å²) >= 11 is 0. The summed E-state index contributed by atoms with van der Waals surface area (Å²) in [5, 5.41) is 21.4. The van der Waals surface area contributed by atoms with Crippen molar-refractivity contribution in [2.75, 3.05) is 45.9 Å². The molecule has 2 aromatic carbocycles. The van der Waals surface area contributed by atoms with Gasteiger partial charge in [0, 0.05) is 32.2 Å². The van der Waals surface area contributed by atoms with E-state index in [4.69, 9.17) is 9.47 Å². The second-order valence-electron chi connectivity index (χ2n) is 8.91. The third-order valence-corrected chi connectivity index (χ3v) is 6.33. The highest BCUT2D eigenvalue weighted by atomic mass is 19.1. The van der Waals surface area contributed by atoms with Crippen molar-refractivity contribution in [3.05, 3.63) is 59.9 Å². The smallest absolute Gasteiger partial charge is 0.137 e. The van der Waals surface area contributed by atoms with Gasteiger partial charge in [0.25, 0.3) is 0 Å². The number of aliphatic hydroxyl groups excluding tert-OH is 1. The largest absolute Gasteiger partial charge is 0.492 e. The first kappa shape index (κ1) is 23.0. The molecule has 0 spiro atoms. The number of ether oxygens (including phenoxy) is 2. The lowest BCUT2D eigenvalue weighted by atomic mass is 9.90. The number of nitrogens with zero attached hydrogens (tertiary/aromatic N) is 2. The lowest BCUT2D eigenvalue weighted by molar-refractivity contribution is -0.140. The molecule has 0 saturated carbocycles. The Hall–Kier alpha value is -2.19. The third-order valence-electron chi connectivity index (χ3n) is 6.33. The Morgan fingerprint density at radius 2 is 1.75 bits per heavy atom. The van der Waals surface area contributed by atoms with Crippen molar-refractivity contribution in [2.45, 2.75) is 37.5 Å². The summed E-state index contributed by atoms with van der Waals surface area (Å²) in [6.07, 6.45) is 2.13. The molecular formula is C25H33FN2O4. The van der Waals surface area contributed by atoms with Crippen molar-refractivity contribution in [1.29, 1.82) is 0 Å². The van der Waals surface area contributed by atoms with Gasteiger partial charge in [-0.15, -0.1) is 0 Å². The van der Waals surface area contributed by atoms with Crippen LogP contribution >= 0.6 is 0 Å². The van der Waals surface area contributed by atoms with E-state index < -0.39 is 17.5 Å². The number of halogens is 1. The Balaban J connectivity index is 1.27. The number of piperidine rings is 1. The Bertz CT molecular complexity index is 859. The summed E-state index contributed by atoms with van der Waals surface area (Å²) in [6.45, 7) is 5.52. The van der Waals surface area contributed by atoms with Crippen LogP contribution in [0.5, 0.6) is 11.5 Å². The molecule has 2 N–H and O–H groups in total. The number of aliphatic hydroxyl groups is 2. The van der Waals surface area contributed by atoms with Crippen molar-refractivity contribution in [1.82, 2.24) is 9.80 Å². The van der Waals surface area contributed by atoms with Gasteiger partial charge in [0.1, 0.15) is 36.1 Å². The monoisotopic (exact) mass is 444 g/mol. The first-order valence-electron chi connectivity index (χ1n) is 11.5. The molecule has 174 valence electrons. The molecular weight excluding hydrogens is 411 g/mol. The highest BCUT2D eigenvalue weighted by Gasteiger charge is 2.42. The molecule has 0 aliphatic carbocycles. The predicted molar refractivity (Wildman–Crippen MR) is 120 cm³/mol. The van der Waals surface area contributed by atoms with Crippen LogP contribution in [0.4, 0.5) is 4.39 Å². The number of hydrogen-bond acceptors (Lipinski definition) is 6. The van der Waals surface area contributed by atoms with E-state index in [0.29, 0.717) is 31.9 Å². The summed E-state index contributed by atoms with van der Waals surface area (Å²) in [5.74, 6) is 0.800. The summed E-state index contributed by atoms with van der Waals surface area (Å²) in [7, 11) is 0. The molecule has 2 aliphatic rings. The van der Waals surface area contributed by atoms with Crippen LogP contribution in [0.3, 0.4) is 0 Å². The number of rotatable bonds is 9. The fourth-order valence-electron chi connectivity index (χ4n) is 4.44. The molecule has 0 radical (unpaired) electrons. The minimum Gasteiger partial charge on any atom is -0.492 e. The van der Waals surface area contributed by atoms with E-state index in [1.54, 1.807) is 12.1 Å². The molecule has 4 rings (SSSR count). The van der Waals surface area contributed by atoms with Crippen LogP contribution < -0.4 is 9.47 Å². The fraction of sp³-hybridized carbons (Fsp3) is 0.520. The second-order valence-corrected chi connectivity index (χ2v) is 8.91. The topological polar surface area (TPSA) is 65.4 Å². The summed E-state index contributed by atoms with van der Waals surface area (Å²) in [4.78, 5) is 4.53. The number of β-amino-alcohol motifs (C(OH)–C–C–N with tert-alkyl or cyclic N) is 1. The summed E-state index contributed by atoms with van der Waals surface area (Å²) < 4.78 is 24.8. The van der Waals surface area contributed by atoms with Gasteiger partial charge >= 0.3 is 0 Å². The molecule has 2 fully saturated rings. The molecule has 6 nitrogen and oxygen atoms in total. The zero-order valence-corrected chi connectivity index (χ0v) is 18.5. The second kappa shape index (κ2) is 10.6. The van der Waals surface area contributed by atoms with Crippen LogP contribution in [0.2, 0.25) is 0 Å². The molecule has 2 atom stereocenters. The Morgan fingerprint density at radius 3 is 2.50 bits per heavy atom. The molecule has 0 amide bonds. The van der Waals surface area contributed by atoms with E-state index in [1.165, 1.54) is 38.1 Å². The fourth-order valence-corrected chi connectivity index (χ4v) is 4.44. The number of hydrogen-bond donors (Lipinski definition) is 2. The van der Waals surface area contributed by atoms with Gasteiger partial charge in [0.2, 0.25) is 0 Å². The van der Waals surface area contributed by atoms with Crippen molar-refractivity contribution >= 4 is 0 Å². The van der Waals surface area contributed by atoms with Crippen LogP contribution in [0, 0.1) is 5.82 Å². The molecule has 2 saturated heterocycles. The maximum atomic E-state index is 13.4. The standard InChI is InChI=1S/C25H33FN2O4/c26-21-4-3-5-23(16-21)32-19-25(30)18-28(13-10-24(25)29)17-20-6-8-22(9-7-20)31-15-14-27-11-1-2-12-27/h3-9,16,24,29-30H,1-2,10-15,17-19H2/t24-,25-/m0/s1. The zero-order chi connectivity index (χ0) is 22.4. The van der Waals surface area contributed by atoms with Gasteiger partial charge in [0.15, 0.2) is 0 Å². The molecule has 2 heterocycles. The van der Waals surface area contributed by atoms with Gasteiger partial charge in [-0.05, 0) is 62.2 Å². The Morgan fingerprint density at radius 1 is 0.969 bits per heavy atom. The lowest BCUT2D eigenvalue weighted by Crippen LogP contribution is -2.59. The van der Waals surface area contributed by atoms with Crippen LogP contribution in [0.25, 0.3) is 0 Å². The van der Waals surface area contributed by atoms with Crippen LogP contribution in [-0.4, -0.2) is 77.7 Å². The van der Waals surface area contributed by atoms with E-state index in [9.17, 15) is 14.6 Å². The molecule has 0 unspecified atom stereocenters. The summed E-state index contributed by atoms with van der Waals surface area (Å²) in [5.41, 5.74) is -0.301. The average molecular weight is 445 g/mol. The minimum atomic E-state index is -1.41. The maximum Gasteiger partial charge on any atom is 0.137 e. The van der Waals surface area contributed by atoms with Gasteiger partial charge < -0.3 is 19.7 Å². The minimum absolute atomic E-state index is 0.0993. The summed E-state index contributed by atoms with van der Waals surface area (Å²) in [6, 6.07) is 13.8. The molecule has 7 heteroatoms. The van der Waals surface area contributed by atoms with Gasteiger partial charge in [0.05, 0.1) is 6.10 Å². The van der Waals surface area contributed by atoms with Crippen molar-refractivity contribution in [2.24, 2.45) is 0 Å². The van der Waals surface area contributed by atoms with Crippen molar-refractivity contribution in [3.63, 3.8) is 0 Å². The maximum absolute atomic E-state index is 13.4. The lowest BCUT2D eigenvalue weighted by Gasteiger charge is -2.42. The van der Waals surface area contributed by atoms with Gasteiger partial charge in [-0.3, -0.25) is 9.80 Å². The predicted octanol–water partition coefficient (Wildman–Crippen LogP) is 2.68. The third kappa shape index (κ3) is 6.19. The Labute approximate surface area is 189 Å². The molecule has 0 bridgehead atoms.